The van der Waals surface area contributed by atoms with Gasteiger partial charge in [-0.1, -0.05) is 66.7 Å². The summed E-state index contributed by atoms with van der Waals surface area (Å²) < 4.78 is 13.6. The van der Waals surface area contributed by atoms with Crippen molar-refractivity contribution in [1.82, 2.24) is 9.80 Å². The van der Waals surface area contributed by atoms with E-state index in [0.29, 0.717) is 11.8 Å². The van der Waals surface area contributed by atoms with E-state index < -0.39 is 0 Å². The van der Waals surface area contributed by atoms with Crippen LogP contribution in [0.25, 0.3) is 0 Å². The maximum Gasteiger partial charge on any atom is 0.165 e. The van der Waals surface area contributed by atoms with Crippen LogP contribution >= 0.6 is 0 Å². The Hall–Kier alpha value is -2.86. The third-order valence-corrected chi connectivity index (χ3v) is 9.95. The first-order chi connectivity index (χ1) is 18.1. The van der Waals surface area contributed by atoms with Gasteiger partial charge in [-0.25, -0.2) is 0 Å². The monoisotopic (exact) mass is 496 g/mol. The number of likely N-dealkylation sites (tertiary alicyclic amines) is 1. The Bertz CT molecular complexity index is 1260. The van der Waals surface area contributed by atoms with Crippen LogP contribution in [0, 0.1) is 0 Å². The first kappa shape index (κ1) is 23.3. The van der Waals surface area contributed by atoms with E-state index in [0.717, 1.165) is 45.3 Å². The zero-order valence-corrected chi connectivity index (χ0v) is 21.8. The molecule has 1 unspecified atom stereocenters. The molecule has 2 aliphatic heterocycles. The summed E-state index contributed by atoms with van der Waals surface area (Å²) in [5.74, 6) is 0.972. The number of phenols is 1. The van der Waals surface area contributed by atoms with Crippen LogP contribution in [-0.2, 0) is 29.7 Å². The van der Waals surface area contributed by atoms with E-state index in [4.69, 9.17) is 9.47 Å². The molecule has 5 atom stereocenters. The highest BCUT2D eigenvalue weighted by molar-refractivity contribution is 5.62. The van der Waals surface area contributed by atoms with Crippen molar-refractivity contribution in [1.29, 1.82) is 0 Å². The summed E-state index contributed by atoms with van der Waals surface area (Å²) in [7, 11) is 4.15. The van der Waals surface area contributed by atoms with Gasteiger partial charge in [-0.3, -0.25) is 4.90 Å². The van der Waals surface area contributed by atoms with Crippen LogP contribution in [-0.4, -0.2) is 59.4 Å². The summed E-state index contributed by atoms with van der Waals surface area (Å²) in [6, 6.07) is 26.0. The second-order valence-corrected chi connectivity index (χ2v) is 11.5. The molecule has 7 rings (SSSR count). The molecule has 3 aromatic rings. The normalized spacial score (nSPS) is 31.7. The van der Waals surface area contributed by atoms with Crippen molar-refractivity contribution in [2.75, 3.05) is 20.7 Å². The Kier molecular flexibility index (Phi) is 5.40. The third-order valence-electron chi connectivity index (χ3n) is 9.95. The van der Waals surface area contributed by atoms with Gasteiger partial charge in [0.1, 0.15) is 6.10 Å². The van der Waals surface area contributed by atoms with Gasteiger partial charge in [0.05, 0.1) is 11.0 Å². The largest absolute Gasteiger partial charge is 0.504 e. The predicted octanol–water partition coefficient (Wildman–Crippen LogP) is 4.90. The first-order valence-corrected chi connectivity index (χ1v) is 13.7. The third kappa shape index (κ3) is 3.20. The number of piperidine rings is 1. The fourth-order valence-electron chi connectivity index (χ4n) is 8.41. The van der Waals surface area contributed by atoms with Gasteiger partial charge in [-0.05, 0) is 62.0 Å². The molecule has 5 heteroatoms. The second kappa shape index (κ2) is 8.59. The number of hydrogen-bond donors (Lipinski definition) is 1. The lowest BCUT2D eigenvalue weighted by atomic mass is 9.48. The van der Waals surface area contributed by atoms with Crippen molar-refractivity contribution in [3.05, 3.63) is 95.1 Å². The molecule has 2 heterocycles. The summed E-state index contributed by atoms with van der Waals surface area (Å²) in [4.78, 5) is 5.12. The number of methoxy groups -OCH3 is 1. The molecular weight excluding hydrogens is 460 g/mol. The minimum Gasteiger partial charge on any atom is -0.504 e. The molecule has 1 saturated carbocycles. The lowest BCUT2D eigenvalue weighted by Crippen LogP contribution is -2.78. The van der Waals surface area contributed by atoms with Gasteiger partial charge in [0, 0.05) is 37.8 Å². The Labute approximate surface area is 219 Å². The fraction of sp³-hybridized carbons (Fsp3) is 0.438. The number of aromatic hydroxyl groups is 1. The summed E-state index contributed by atoms with van der Waals surface area (Å²) in [5, 5.41) is 11.0. The SMILES string of the molecule is CO[C@@]12CC[C@@H](N(Cc3ccccc3)Cc3ccccc3)[C@@H]3Oc4c(O)ccc5c4[C@@]31CCN(C)C2C5. The highest BCUT2D eigenvalue weighted by atomic mass is 16.5. The number of nitrogens with zero attached hydrogens (tertiary/aromatic N) is 2. The van der Waals surface area contributed by atoms with Crippen molar-refractivity contribution in [2.45, 2.75) is 68.0 Å². The van der Waals surface area contributed by atoms with Gasteiger partial charge < -0.3 is 19.5 Å². The summed E-state index contributed by atoms with van der Waals surface area (Å²) in [5.41, 5.74) is 4.57. The molecule has 1 spiro atoms. The molecule has 1 N–H and O–H groups in total. The van der Waals surface area contributed by atoms with E-state index in [1.54, 1.807) is 0 Å². The highest BCUT2D eigenvalue weighted by Gasteiger charge is 2.73. The molecule has 0 amide bonds. The molecule has 0 radical (unpaired) electrons. The maximum absolute atomic E-state index is 11.0. The Balaban J connectivity index is 1.36. The van der Waals surface area contributed by atoms with Gasteiger partial charge in [0.25, 0.3) is 0 Å². The Morgan fingerprint density at radius 1 is 0.973 bits per heavy atom. The van der Waals surface area contributed by atoms with Crippen molar-refractivity contribution in [3.63, 3.8) is 0 Å². The molecule has 192 valence electrons. The first-order valence-electron chi connectivity index (χ1n) is 13.7. The van der Waals surface area contributed by atoms with Crippen molar-refractivity contribution in [3.8, 4) is 11.5 Å². The van der Waals surface area contributed by atoms with Crippen LogP contribution in [0.2, 0.25) is 0 Å². The Morgan fingerprint density at radius 3 is 2.30 bits per heavy atom. The molecule has 2 fully saturated rings. The van der Waals surface area contributed by atoms with Crippen LogP contribution in [0.15, 0.2) is 72.8 Å². The zero-order chi connectivity index (χ0) is 25.2. The second-order valence-electron chi connectivity index (χ2n) is 11.5. The van der Waals surface area contributed by atoms with Gasteiger partial charge in [-0.15, -0.1) is 0 Å². The van der Waals surface area contributed by atoms with Crippen molar-refractivity contribution < 1.29 is 14.6 Å². The van der Waals surface area contributed by atoms with Crippen LogP contribution in [0.1, 0.15) is 41.5 Å². The average Bonchev–Trinajstić information content (AvgIpc) is 3.28. The average molecular weight is 497 g/mol. The van der Waals surface area contributed by atoms with E-state index >= 15 is 0 Å². The van der Waals surface area contributed by atoms with Gasteiger partial charge in [0.2, 0.25) is 0 Å². The van der Waals surface area contributed by atoms with Gasteiger partial charge in [0.15, 0.2) is 11.5 Å². The molecule has 0 aromatic heterocycles. The molecule has 2 aliphatic carbocycles. The molecule has 1 saturated heterocycles. The molecule has 4 aliphatic rings. The van der Waals surface area contributed by atoms with Crippen molar-refractivity contribution in [2.24, 2.45) is 0 Å². The zero-order valence-electron chi connectivity index (χ0n) is 21.8. The molecule has 5 nitrogen and oxygen atoms in total. The quantitative estimate of drug-likeness (QED) is 0.526. The molecular formula is C32H36N2O3. The van der Waals surface area contributed by atoms with Crippen LogP contribution < -0.4 is 4.74 Å². The summed E-state index contributed by atoms with van der Waals surface area (Å²) >= 11 is 0. The summed E-state index contributed by atoms with van der Waals surface area (Å²) in [6.45, 7) is 2.72. The van der Waals surface area contributed by atoms with Crippen molar-refractivity contribution >= 4 is 0 Å². The number of rotatable bonds is 6. The van der Waals surface area contributed by atoms with E-state index in [-0.39, 0.29) is 28.9 Å². The number of benzene rings is 3. The Morgan fingerprint density at radius 2 is 1.65 bits per heavy atom. The smallest absolute Gasteiger partial charge is 0.165 e. The van der Waals surface area contributed by atoms with E-state index in [1.165, 1.54) is 22.3 Å². The standard InChI is InChI=1S/C32H36N2O3/c1-33-18-17-31-28-24-13-14-26(35)29(28)37-30(31)25(15-16-32(31,36-2)27(33)19-24)34(20-22-9-5-3-6-10-22)21-23-11-7-4-8-12-23/h3-14,25,27,30,35H,15-21H2,1-2H3/t25-,27?,30+,31+,32-/m1/s1. The van der Waals surface area contributed by atoms with Crippen LogP contribution in [0.3, 0.4) is 0 Å². The fourth-order valence-corrected chi connectivity index (χ4v) is 8.41. The molecule has 2 bridgehead atoms. The van der Waals surface area contributed by atoms with Crippen LogP contribution in [0.5, 0.6) is 11.5 Å². The van der Waals surface area contributed by atoms with Gasteiger partial charge in [-0.2, -0.15) is 0 Å². The van der Waals surface area contributed by atoms with Gasteiger partial charge >= 0.3 is 0 Å². The molecule has 37 heavy (non-hydrogen) atoms. The van der Waals surface area contributed by atoms with E-state index in [9.17, 15) is 5.11 Å². The number of hydrogen-bond acceptors (Lipinski definition) is 5. The lowest BCUT2D eigenvalue weighted by molar-refractivity contribution is -0.212. The lowest BCUT2D eigenvalue weighted by Gasteiger charge is -2.66. The van der Waals surface area contributed by atoms with E-state index in [2.05, 4.69) is 83.6 Å². The minimum absolute atomic E-state index is 0.0767. The highest BCUT2D eigenvalue weighted by Crippen LogP contribution is 2.66. The minimum atomic E-state index is -0.321. The number of phenolic OH excluding ortho intramolecular Hbond substituents is 1. The maximum atomic E-state index is 11.0. The number of likely N-dealkylation sites (N-methyl/N-ethyl adjacent to an activating group) is 1. The van der Waals surface area contributed by atoms with E-state index in [1.807, 2.05) is 13.2 Å². The number of ether oxygens (including phenoxy) is 2. The summed E-state index contributed by atoms with van der Waals surface area (Å²) in [6.07, 6.45) is 3.81. The van der Waals surface area contributed by atoms with Crippen LogP contribution in [0.4, 0.5) is 0 Å². The molecule has 3 aromatic carbocycles. The predicted molar refractivity (Wildman–Crippen MR) is 144 cm³/mol. The topological polar surface area (TPSA) is 45.2 Å².